The molecule has 1 aromatic heterocycles. The topological polar surface area (TPSA) is 114 Å². The number of nitrogens with zero attached hydrogens (tertiary/aromatic N) is 4. The molecule has 0 aliphatic heterocycles. The number of benzene rings is 1. The fraction of sp³-hybridized carbons (Fsp3) is 0.143. The first-order valence-electron chi connectivity index (χ1n) is 6.62. The van der Waals surface area contributed by atoms with Gasteiger partial charge in [-0.15, -0.1) is 5.10 Å². The van der Waals surface area contributed by atoms with E-state index < -0.39 is 0 Å². The quantitative estimate of drug-likeness (QED) is 0.441. The zero-order valence-corrected chi connectivity index (χ0v) is 13.4. The molecule has 7 nitrogen and oxygen atoms in total. The maximum absolute atomic E-state index is 13.5. The molecule has 5 N–H and O–H groups in total. The Morgan fingerprint density at radius 2 is 2.04 bits per heavy atom. The molecule has 0 saturated carbocycles. The Hall–Kier alpha value is -2.81. The molecular weight excluding hydrogens is 317 g/mol. The van der Waals surface area contributed by atoms with Gasteiger partial charge in [0.2, 0.25) is 11.1 Å². The van der Waals surface area contributed by atoms with Crippen molar-refractivity contribution in [3.8, 4) is 0 Å². The molecule has 0 atom stereocenters. The summed E-state index contributed by atoms with van der Waals surface area (Å²) in [5.74, 6) is -0.450. The number of hydrazone groups is 1. The van der Waals surface area contributed by atoms with E-state index in [1.807, 2.05) is 6.92 Å². The highest BCUT2D eigenvalue weighted by molar-refractivity contribution is 7.17. The SMILES string of the molecule is C/C(=N\N=C(N)N)c1sc(N/N=C/c2ccccc2F)nc1C. The highest BCUT2D eigenvalue weighted by Crippen LogP contribution is 2.23. The second-order valence-electron chi connectivity index (χ2n) is 4.54. The molecule has 23 heavy (non-hydrogen) atoms. The molecule has 0 aliphatic carbocycles. The minimum absolute atomic E-state index is 0.112. The van der Waals surface area contributed by atoms with Crippen LogP contribution >= 0.6 is 11.3 Å². The summed E-state index contributed by atoms with van der Waals surface area (Å²) < 4.78 is 13.5. The van der Waals surface area contributed by atoms with Gasteiger partial charge in [0.1, 0.15) is 5.82 Å². The van der Waals surface area contributed by atoms with E-state index in [-0.39, 0.29) is 11.8 Å². The maximum atomic E-state index is 13.5. The van der Waals surface area contributed by atoms with Crippen LogP contribution in [0.5, 0.6) is 0 Å². The summed E-state index contributed by atoms with van der Waals surface area (Å²) in [4.78, 5) is 5.15. The summed E-state index contributed by atoms with van der Waals surface area (Å²) in [6, 6.07) is 6.36. The molecule has 0 unspecified atom stereocenters. The molecule has 0 radical (unpaired) electrons. The molecule has 0 amide bonds. The Bertz CT molecular complexity index is 775. The number of hydrogen-bond acceptors (Lipinski definition) is 6. The molecule has 0 spiro atoms. The smallest absolute Gasteiger partial charge is 0.211 e. The number of nitrogens with two attached hydrogens (primary N) is 2. The van der Waals surface area contributed by atoms with Gasteiger partial charge in [-0.05, 0) is 19.9 Å². The molecule has 0 fully saturated rings. The molecule has 1 heterocycles. The van der Waals surface area contributed by atoms with Gasteiger partial charge >= 0.3 is 0 Å². The lowest BCUT2D eigenvalue weighted by Crippen LogP contribution is -2.22. The summed E-state index contributed by atoms with van der Waals surface area (Å²) in [6.45, 7) is 3.62. The van der Waals surface area contributed by atoms with Crippen molar-refractivity contribution in [2.24, 2.45) is 26.8 Å². The molecule has 0 saturated heterocycles. The second-order valence-corrected chi connectivity index (χ2v) is 5.53. The van der Waals surface area contributed by atoms with Gasteiger partial charge in [0.25, 0.3) is 0 Å². The molecular formula is C14H16FN7S. The summed E-state index contributed by atoms with van der Waals surface area (Å²) in [7, 11) is 0. The lowest BCUT2D eigenvalue weighted by molar-refractivity contribution is 0.626. The number of aryl methyl sites for hydroxylation is 1. The molecule has 0 aliphatic rings. The minimum atomic E-state index is -0.339. The Balaban J connectivity index is 2.11. The van der Waals surface area contributed by atoms with Gasteiger partial charge in [-0.25, -0.2) is 9.37 Å². The van der Waals surface area contributed by atoms with Crippen molar-refractivity contribution in [3.05, 3.63) is 46.2 Å². The summed E-state index contributed by atoms with van der Waals surface area (Å²) >= 11 is 1.35. The Labute approximate surface area is 136 Å². The van der Waals surface area contributed by atoms with Crippen LogP contribution in [0.25, 0.3) is 0 Å². The third-order valence-corrected chi connectivity index (χ3v) is 3.88. The Morgan fingerprint density at radius 1 is 1.30 bits per heavy atom. The second kappa shape index (κ2) is 7.45. The van der Waals surface area contributed by atoms with E-state index in [1.54, 1.807) is 25.1 Å². The highest BCUT2D eigenvalue weighted by Gasteiger charge is 2.10. The van der Waals surface area contributed by atoms with E-state index in [4.69, 9.17) is 11.5 Å². The van der Waals surface area contributed by atoms with Crippen molar-refractivity contribution in [2.75, 3.05) is 5.43 Å². The lowest BCUT2D eigenvalue weighted by Gasteiger charge is -1.95. The number of rotatable bonds is 5. The molecule has 1 aromatic carbocycles. The standard InChI is InChI=1S/C14H16FN7S/c1-8-12(9(2)20-21-13(16)17)23-14(19-8)22-18-7-10-5-3-4-6-11(10)15/h3-7H,1-2H3,(H,19,22)(H4,16,17,21)/b18-7+,20-9+. The maximum Gasteiger partial charge on any atom is 0.211 e. The predicted octanol–water partition coefficient (Wildman–Crippen LogP) is 2.03. The van der Waals surface area contributed by atoms with Crippen LogP contribution in [0, 0.1) is 12.7 Å². The summed E-state index contributed by atoms with van der Waals surface area (Å²) in [6.07, 6.45) is 1.39. The van der Waals surface area contributed by atoms with Gasteiger partial charge in [-0.2, -0.15) is 10.2 Å². The zero-order chi connectivity index (χ0) is 16.8. The van der Waals surface area contributed by atoms with E-state index in [0.29, 0.717) is 16.4 Å². The number of halogens is 1. The van der Waals surface area contributed by atoms with E-state index in [1.165, 1.54) is 23.6 Å². The third kappa shape index (κ3) is 4.58. The molecule has 2 aromatic rings. The first-order chi connectivity index (χ1) is 11.0. The Kier molecular flexibility index (Phi) is 5.36. The van der Waals surface area contributed by atoms with Gasteiger partial charge in [0.05, 0.1) is 22.5 Å². The fourth-order valence-electron chi connectivity index (χ4n) is 1.69. The summed E-state index contributed by atoms with van der Waals surface area (Å²) in [5.41, 5.74) is 15.1. The van der Waals surface area contributed by atoms with Crippen LogP contribution in [0.15, 0.2) is 39.6 Å². The number of aromatic nitrogens is 1. The number of nitrogens with one attached hydrogen (secondary N) is 1. The molecule has 0 bridgehead atoms. The van der Waals surface area contributed by atoms with Crippen molar-refractivity contribution in [2.45, 2.75) is 13.8 Å². The van der Waals surface area contributed by atoms with Crippen LogP contribution in [0.1, 0.15) is 23.1 Å². The van der Waals surface area contributed by atoms with Crippen LogP contribution in [0.4, 0.5) is 9.52 Å². The number of thiazole rings is 1. The van der Waals surface area contributed by atoms with Crippen LogP contribution in [-0.2, 0) is 0 Å². The average molecular weight is 333 g/mol. The minimum Gasteiger partial charge on any atom is -0.369 e. The van der Waals surface area contributed by atoms with E-state index in [9.17, 15) is 4.39 Å². The van der Waals surface area contributed by atoms with E-state index in [0.717, 1.165) is 10.6 Å². The van der Waals surface area contributed by atoms with Crippen molar-refractivity contribution in [1.82, 2.24) is 4.98 Å². The monoisotopic (exact) mass is 333 g/mol. The van der Waals surface area contributed by atoms with Crippen LogP contribution in [-0.4, -0.2) is 22.9 Å². The van der Waals surface area contributed by atoms with Crippen molar-refractivity contribution in [1.29, 1.82) is 0 Å². The first kappa shape index (κ1) is 16.6. The van der Waals surface area contributed by atoms with Crippen LogP contribution in [0.2, 0.25) is 0 Å². The number of hydrogen-bond donors (Lipinski definition) is 3. The van der Waals surface area contributed by atoms with Crippen LogP contribution in [0.3, 0.4) is 0 Å². The number of guanidine groups is 1. The van der Waals surface area contributed by atoms with Gasteiger partial charge < -0.3 is 11.5 Å². The van der Waals surface area contributed by atoms with E-state index in [2.05, 4.69) is 25.7 Å². The van der Waals surface area contributed by atoms with Crippen molar-refractivity contribution in [3.63, 3.8) is 0 Å². The van der Waals surface area contributed by atoms with Gasteiger partial charge in [0.15, 0.2) is 0 Å². The van der Waals surface area contributed by atoms with E-state index >= 15 is 0 Å². The average Bonchev–Trinajstić information content (AvgIpc) is 2.88. The molecule has 120 valence electrons. The first-order valence-corrected chi connectivity index (χ1v) is 7.43. The van der Waals surface area contributed by atoms with Gasteiger partial charge in [-0.1, -0.05) is 29.5 Å². The van der Waals surface area contributed by atoms with Gasteiger partial charge in [0, 0.05) is 5.56 Å². The highest BCUT2D eigenvalue weighted by atomic mass is 32.1. The summed E-state index contributed by atoms with van der Waals surface area (Å²) in [5, 5.41) is 12.1. The number of anilines is 1. The third-order valence-electron chi connectivity index (χ3n) is 2.71. The Morgan fingerprint density at radius 3 is 2.74 bits per heavy atom. The lowest BCUT2D eigenvalue weighted by atomic mass is 10.2. The molecule has 9 heteroatoms. The van der Waals surface area contributed by atoms with Crippen molar-refractivity contribution >= 4 is 34.4 Å². The normalized spacial score (nSPS) is 11.7. The largest absolute Gasteiger partial charge is 0.369 e. The van der Waals surface area contributed by atoms with Gasteiger partial charge in [-0.3, -0.25) is 5.43 Å². The van der Waals surface area contributed by atoms with Crippen LogP contribution < -0.4 is 16.9 Å². The van der Waals surface area contributed by atoms with Crippen molar-refractivity contribution < 1.29 is 4.39 Å². The fourth-order valence-corrected chi connectivity index (χ4v) is 2.55. The molecule has 2 rings (SSSR count). The zero-order valence-electron chi connectivity index (χ0n) is 12.6. The predicted molar refractivity (Wildman–Crippen MR) is 92.5 cm³/mol.